The van der Waals surface area contributed by atoms with Crippen LogP contribution < -0.4 is 19.5 Å². The van der Waals surface area contributed by atoms with Crippen molar-refractivity contribution < 1.29 is 23.8 Å². The van der Waals surface area contributed by atoms with E-state index in [1.807, 2.05) is 42.5 Å². The highest BCUT2D eigenvalue weighted by atomic mass is 16.7. The average molecular weight is 422 g/mol. The van der Waals surface area contributed by atoms with E-state index in [-0.39, 0.29) is 37.8 Å². The summed E-state index contributed by atoms with van der Waals surface area (Å²) in [4.78, 5) is 28.2. The van der Waals surface area contributed by atoms with Gasteiger partial charge in [0.2, 0.25) is 12.7 Å². The molecule has 0 spiro atoms. The fourth-order valence-electron chi connectivity index (χ4n) is 4.60. The van der Waals surface area contributed by atoms with E-state index in [1.54, 1.807) is 4.90 Å². The minimum absolute atomic E-state index is 0.102. The lowest BCUT2D eigenvalue weighted by Gasteiger charge is -2.32. The molecule has 3 aliphatic rings. The SMILES string of the molecule is O=C(NC1CCCCC1)C1c2ccccc2OCC(=O)N1Cc1ccc2c(c1)OCO2. The molecule has 2 aromatic carbocycles. The van der Waals surface area contributed by atoms with E-state index in [2.05, 4.69) is 5.32 Å². The van der Waals surface area contributed by atoms with Gasteiger partial charge in [0.15, 0.2) is 18.1 Å². The van der Waals surface area contributed by atoms with E-state index >= 15 is 0 Å². The summed E-state index contributed by atoms with van der Waals surface area (Å²) in [5.74, 6) is 1.54. The third kappa shape index (κ3) is 4.04. The maximum absolute atomic E-state index is 13.5. The monoisotopic (exact) mass is 422 g/mol. The molecule has 2 amide bonds. The lowest BCUT2D eigenvalue weighted by Crippen LogP contribution is -2.46. The number of nitrogens with zero attached hydrogens (tertiary/aromatic N) is 1. The Balaban J connectivity index is 1.47. The summed E-state index contributed by atoms with van der Waals surface area (Å²) >= 11 is 0. The van der Waals surface area contributed by atoms with Crippen molar-refractivity contribution in [3.8, 4) is 17.2 Å². The fraction of sp³-hybridized carbons (Fsp3) is 0.417. The van der Waals surface area contributed by atoms with Crippen molar-refractivity contribution in [2.24, 2.45) is 0 Å². The van der Waals surface area contributed by atoms with Crippen molar-refractivity contribution in [2.75, 3.05) is 13.4 Å². The Bertz CT molecular complexity index is 986. The normalized spacial score (nSPS) is 20.6. The highest BCUT2D eigenvalue weighted by Crippen LogP contribution is 2.36. The van der Waals surface area contributed by atoms with E-state index in [0.29, 0.717) is 22.8 Å². The van der Waals surface area contributed by atoms with Crippen LogP contribution in [0.25, 0.3) is 0 Å². The second-order valence-corrected chi connectivity index (χ2v) is 8.28. The molecule has 1 saturated carbocycles. The zero-order chi connectivity index (χ0) is 21.2. The molecular weight excluding hydrogens is 396 g/mol. The Morgan fingerprint density at radius 3 is 2.65 bits per heavy atom. The van der Waals surface area contributed by atoms with Crippen LogP contribution in [0.2, 0.25) is 0 Å². The number of benzene rings is 2. The zero-order valence-electron chi connectivity index (χ0n) is 17.3. The molecule has 0 radical (unpaired) electrons. The van der Waals surface area contributed by atoms with Gasteiger partial charge in [-0.25, -0.2) is 0 Å². The predicted molar refractivity (Wildman–Crippen MR) is 113 cm³/mol. The summed E-state index contributed by atoms with van der Waals surface area (Å²) < 4.78 is 16.6. The first-order valence-corrected chi connectivity index (χ1v) is 10.9. The van der Waals surface area contributed by atoms with Crippen LogP contribution in [-0.4, -0.2) is 36.2 Å². The molecule has 0 saturated heterocycles. The molecule has 162 valence electrons. The molecule has 1 N–H and O–H groups in total. The molecule has 7 nitrogen and oxygen atoms in total. The molecular formula is C24H26N2O5. The van der Waals surface area contributed by atoms with Gasteiger partial charge in [0.05, 0.1) is 0 Å². The molecule has 0 aromatic heterocycles. The molecule has 1 unspecified atom stereocenters. The van der Waals surface area contributed by atoms with Gasteiger partial charge in [-0.15, -0.1) is 0 Å². The summed E-state index contributed by atoms with van der Waals surface area (Å²) in [5.41, 5.74) is 1.58. The summed E-state index contributed by atoms with van der Waals surface area (Å²) in [5, 5.41) is 3.20. The number of hydrogen-bond donors (Lipinski definition) is 1. The minimum Gasteiger partial charge on any atom is -0.483 e. The molecule has 1 fully saturated rings. The number of nitrogens with one attached hydrogen (secondary N) is 1. The molecule has 0 bridgehead atoms. The van der Waals surface area contributed by atoms with Gasteiger partial charge < -0.3 is 24.4 Å². The number of carbonyl (C=O) groups excluding carboxylic acids is 2. The van der Waals surface area contributed by atoms with Crippen molar-refractivity contribution in [1.29, 1.82) is 0 Å². The van der Waals surface area contributed by atoms with Crippen LogP contribution in [0, 0.1) is 0 Å². The topological polar surface area (TPSA) is 77.1 Å². The zero-order valence-corrected chi connectivity index (χ0v) is 17.3. The van der Waals surface area contributed by atoms with Crippen LogP contribution in [0.1, 0.15) is 49.3 Å². The summed E-state index contributed by atoms with van der Waals surface area (Å²) in [6.45, 7) is 0.361. The fourth-order valence-corrected chi connectivity index (χ4v) is 4.60. The number of para-hydroxylation sites is 1. The Morgan fingerprint density at radius 1 is 0.968 bits per heavy atom. The second-order valence-electron chi connectivity index (χ2n) is 8.28. The lowest BCUT2D eigenvalue weighted by atomic mass is 9.94. The molecule has 1 aliphatic carbocycles. The molecule has 1 atom stereocenters. The lowest BCUT2D eigenvalue weighted by molar-refractivity contribution is -0.142. The number of amides is 2. The first-order valence-electron chi connectivity index (χ1n) is 10.9. The van der Waals surface area contributed by atoms with Crippen LogP contribution in [0.5, 0.6) is 17.2 Å². The largest absolute Gasteiger partial charge is 0.483 e. The van der Waals surface area contributed by atoms with Crippen LogP contribution >= 0.6 is 0 Å². The molecule has 31 heavy (non-hydrogen) atoms. The quantitative estimate of drug-likeness (QED) is 0.818. The Labute approximate surface area is 181 Å². The van der Waals surface area contributed by atoms with Crippen molar-refractivity contribution >= 4 is 11.8 Å². The smallest absolute Gasteiger partial charge is 0.261 e. The van der Waals surface area contributed by atoms with Gasteiger partial charge in [-0.3, -0.25) is 9.59 Å². The summed E-state index contributed by atoms with van der Waals surface area (Å²) in [6.07, 6.45) is 5.41. The van der Waals surface area contributed by atoms with Crippen molar-refractivity contribution in [3.05, 3.63) is 53.6 Å². The second kappa shape index (κ2) is 8.49. The molecule has 2 aliphatic heterocycles. The van der Waals surface area contributed by atoms with Crippen molar-refractivity contribution in [2.45, 2.75) is 50.7 Å². The van der Waals surface area contributed by atoms with E-state index in [0.717, 1.165) is 31.2 Å². The van der Waals surface area contributed by atoms with E-state index < -0.39 is 6.04 Å². The number of hydrogen-bond acceptors (Lipinski definition) is 5. The average Bonchev–Trinajstić information content (AvgIpc) is 3.21. The standard InChI is InChI=1S/C24H26N2O5/c27-22-14-29-19-9-5-4-8-18(19)23(24(28)25-17-6-2-1-3-7-17)26(22)13-16-10-11-20-21(12-16)31-15-30-20/h4-5,8-12,17,23H,1-3,6-7,13-15H2,(H,25,28). The van der Waals surface area contributed by atoms with Gasteiger partial charge in [-0.2, -0.15) is 0 Å². The summed E-state index contributed by atoms with van der Waals surface area (Å²) in [7, 11) is 0. The maximum Gasteiger partial charge on any atom is 0.261 e. The third-order valence-corrected chi connectivity index (χ3v) is 6.19. The van der Waals surface area contributed by atoms with Gasteiger partial charge in [-0.05, 0) is 36.6 Å². The van der Waals surface area contributed by atoms with Crippen molar-refractivity contribution in [3.63, 3.8) is 0 Å². The van der Waals surface area contributed by atoms with Crippen LogP contribution in [-0.2, 0) is 16.1 Å². The van der Waals surface area contributed by atoms with Crippen LogP contribution in [0.3, 0.4) is 0 Å². The predicted octanol–water partition coefficient (Wildman–Crippen LogP) is 3.33. The van der Waals surface area contributed by atoms with Gasteiger partial charge in [0.25, 0.3) is 5.91 Å². The van der Waals surface area contributed by atoms with Crippen LogP contribution in [0.15, 0.2) is 42.5 Å². The number of rotatable bonds is 4. The highest BCUT2D eigenvalue weighted by Gasteiger charge is 2.37. The van der Waals surface area contributed by atoms with E-state index in [4.69, 9.17) is 14.2 Å². The van der Waals surface area contributed by atoms with Gasteiger partial charge >= 0.3 is 0 Å². The molecule has 5 rings (SSSR count). The third-order valence-electron chi connectivity index (χ3n) is 6.19. The number of fused-ring (bicyclic) bond motifs is 2. The first-order chi connectivity index (χ1) is 15.2. The Hall–Kier alpha value is -3.22. The highest BCUT2D eigenvalue weighted by molar-refractivity contribution is 5.90. The van der Waals surface area contributed by atoms with E-state index in [1.165, 1.54) is 6.42 Å². The Kier molecular flexibility index (Phi) is 5.40. The molecule has 7 heteroatoms. The van der Waals surface area contributed by atoms with Gasteiger partial charge in [-0.1, -0.05) is 43.5 Å². The number of carbonyl (C=O) groups is 2. The van der Waals surface area contributed by atoms with Crippen LogP contribution in [0.4, 0.5) is 0 Å². The first kappa shape index (κ1) is 19.7. The van der Waals surface area contributed by atoms with Gasteiger partial charge in [0.1, 0.15) is 11.8 Å². The Morgan fingerprint density at radius 2 is 1.77 bits per heavy atom. The maximum atomic E-state index is 13.5. The van der Waals surface area contributed by atoms with Gasteiger partial charge in [0, 0.05) is 18.2 Å². The van der Waals surface area contributed by atoms with E-state index in [9.17, 15) is 9.59 Å². The molecule has 2 aromatic rings. The minimum atomic E-state index is -0.751. The van der Waals surface area contributed by atoms with Crippen molar-refractivity contribution in [1.82, 2.24) is 10.2 Å². The summed E-state index contributed by atoms with van der Waals surface area (Å²) in [6, 6.07) is 12.4. The number of ether oxygens (including phenoxy) is 3. The molecule has 2 heterocycles.